The van der Waals surface area contributed by atoms with E-state index in [1.807, 2.05) is 6.92 Å². The third kappa shape index (κ3) is 4.01. The first-order valence-electron chi connectivity index (χ1n) is 12.2. The highest BCUT2D eigenvalue weighted by Crippen LogP contribution is 2.56. The number of nitrogen functional groups attached to an aromatic ring is 1. The van der Waals surface area contributed by atoms with Crippen molar-refractivity contribution in [2.24, 2.45) is 5.92 Å². The molecule has 4 N–H and O–H groups in total. The number of hydrogen-bond acceptors (Lipinski definition) is 10. The normalized spacial score (nSPS) is 27.3. The van der Waals surface area contributed by atoms with Gasteiger partial charge in [0.15, 0.2) is 17.2 Å². The van der Waals surface area contributed by atoms with E-state index in [2.05, 4.69) is 37.0 Å². The molecule has 0 spiro atoms. The summed E-state index contributed by atoms with van der Waals surface area (Å²) in [5, 5.41) is 13.6. The maximum Gasteiger partial charge on any atom is 0.409 e. The van der Waals surface area contributed by atoms with Gasteiger partial charge in [0.1, 0.15) is 17.7 Å². The first-order valence-corrected chi connectivity index (χ1v) is 12.2. The van der Waals surface area contributed by atoms with Crippen LogP contribution in [0.3, 0.4) is 0 Å². The zero-order valence-electron chi connectivity index (χ0n) is 20.3. The first-order chi connectivity index (χ1) is 17.4. The van der Waals surface area contributed by atoms with Gasteiger partial charge in [0.05, 0.1) is 19.5 Å². The lowest BCUT2D eigenvalue weighted by Crippen LogP contribution is -2.54. The van der Waals surface area contributed by atoms with E-state index in [-0.39, 0.29) is 29.6 Å². The second-order valence-corrected chi connectivity index (χ2v) is 9.07. The molecule has 0 radical (unpaired) electrons. The Labute approximate surface area is 207 Å². The van der Waals surface area contributed by atoms with Gasteiger partial charge in [-0.15, -0.1) is 0 Å². The van der Waals surface area contributed by atoms with Gasteiger partial charge in [-0.25, -0.2) is 19.7 Å². The van der Waals surface area contributed by atoms with E-state index in [9.17, 15) is 14.7 Å². The molecule has 4 fully saturated rings. The average Bonchev–Trinajstić information content (AvgIpc) is 3.55. The second-order valence-electron chi connectivity index (χ2n) is 9.07. The van der Waals surface area contributed by atoms with Crippen LogP contribution in [0.25, 0.3) is 11.2 Å². The van der Waals surface area contributed by atoms with E-state index in [1.165, 1.54) is 6.33 Å². The minimum Gasteiger partial charge on any atom is -0.450 e. The number of piperazine rings is 1. The maximum absolute atomic E-state index is 12.4. The third-order valence-corrected chi connectivity index (χ3v) is 6.96. The number of hydrogen-bond donors (Lipinski definition) is 3. The lowest BCUT2D eigenvalue weighted by atomic mass is 9.74. The summed E-state index contributed by atoms with van der Waals surface area (Å²) in [5.74, 6) is 5.90. The molecule has 1 aliphatic carbocycles. The predicted octanol–water partition coefficient (Wildman–Crippen LogP) is -0.897. The van der Waals surface area contributed by atoms with Crippen molar-refractivity contribution in [2.45, 2.75) is 38.2 Å². The van der Waals surface area contributed by atoms with E-state index in [4.69, 9.17) is 15.2 Å². The molecule has 2 amide bonds. The smallest absolute Gasteiger partial charge is 0.409 e. The van der Waals surface area contributed by atoms with E-state index in [0.717, 1.165) is 0 Å². The van der Waals surface area contributed by atoms with Gasteiger partial charge in [-0.2, -0.15) is 0 Å². The lowest BCUT2D eigenvalue weighted by molar-refractivity contribution is -0.170. The van der Waals surface area contributed by atoms with Crippen molar-refractivity contribution in [3.8, 4) is 11.8 Å². The molecule has 6 rings (SSSR count). The van der Waals surface area contributed by atoms with Crippen molar-refractivity contribution in [3.63, 3.8) is 0 Å². The van der Waals surface area contributed by atoms with Gasteiger partial charge in [-0.05, 0) is 19.8 Å². The second kappa shape index (κ2) is 9.53. The number of imidazole rings is 1. The number of carbonyl (C=O) groups is 2. The fourth-order valence-electron chi connectivity index (χ4n) is 5.05. The number of nitrogens with zero attached hydrogens (tertiary/aromatic N) is 6. The number of fused-ring (bicyclic) bond motifs is 2. The van der Waals surface area contributed by atoms with Gasteiger partial charge in [0, 0.05) is 45.1 Å². The van der Waals surface area contributed by atoms with Crippen molar-refractivity contribution in [3.05, 3.63) is 12.2 Å². The van der Waals surface area contributed by atoms with Crippen molar-refractivity contribution < 1.29 is 24.2 Å². The van der Waals surface area contributed by atoms with Gasteiger partial charge in [0.2, 0.25) is 11.7 Å². The summed E-state index contributed by atoms with van der Waals surface area (Å²) in [4.78, 5) is 41.2. The molecule has 3 aliphatic heterocycles. The fraction of sp³-hybridized carbons (Fsp3) is 0.609. The Kier molecular flexibility index (Phi) is 6.42. The van der Waals surface area contributed by atoms with E-state index in [1.54, 1.807) is 16.4 Å². The van der Waals surface area contributed by atoms with Crippen LogP contribution in [-0.2, 0) is 20.0 Å². The minimum atomic E-state index is -1.13. The Morgan fingerprint density at radius 2 is 2.08 bits per heavy atom. The molecular weight excluding hydrogens is 468 g/mol. The number of likely N-dealkylation sites (N-methyl/N-ethyl adjacent to an activating group) is 1. The monoisotopic (exact) mass is 498 g/mol. The predicted molar refractivity (Wildman–Crippen MR) is 127 cm³/mol. The molecule has 4 aliphatic rings. The summed E-state index contributed by atoms with van der Waals surface area (Å²) in [5.41, 5.74) is 5.78. The number of aliphatic hydroxyl groups excluding tert-OH is 1. The van der Waals surface area contributed by atoms with Crippen LogP contribution in [0.2, 0.25) is 0 Å². The molecule has 13 heteroatoms. The largest absolute Gasteiger partial charge is 0.450 e. The van der Waals surface area contributed by atoms with Gasteiger partial charge in [0.25, 0.3) is 0 Å². The number of amides is 2. The number of ether oxygens (including phenoxy) is 2. The minimum absolute atomic E-state index is 0.172. The Morgan fingerprint density at radius 1 is 1.31 bits per heavy atom. The number of nitrogens with two attached hydrogens (primary N) is 1. The van der Waals surface area contributed by atoms with Crippen LogP contribution >= 0.6 is 0 Å². The Balaban J connectivity index is 1.30. The van der Waals surface area contributed by atoms with Crippen molar-refractivity contribution in [2.75, 3.05) is 51.6 Å². The first kappa shape index (κ1) is 24.2. The molecule has 3 saturated heterocycles. The number of nitrogens with one attached hydrogen (secondary N) is 1. The van der Waals surface area contributed by atoms with Gasteiger partial charge < -0.3 is 30.5 Å². The van der Waals surface area contributed by atoms with E-state index >= 15 is 0 Å². The Hall–Kier alpha value is -3.47. The number of rotatable bonds is 5. The zero-order chi connectivity index (χ0) is 25.4. The highest BCUT2D eigenvalue weighted by Gasteiger charge is 2.68. The molecule has 2 aromatic rings. The third-order valence-electron chi connectivity index (χ3n) is 6.96. The summed E-state index contributed by atoms with van der Waals surface area (Å²) < 4.78 is 12.7. The standard InChI is InChI=1S/C23H30N8O5/c1-3-25-21(33)17-14-12-23(36-17,18(14)32)31-13-26-16-19(24)27-15(28-20(16)31)6-5-7-29-8-10-30(11-9-29)22(34)35-4-2/h13-14,17-18,32H,3-4,7-12H2,1-2H3,(H,25,33)(H2,24,27,28)/t14?,17-,18?,23?/m0/s1. The summed E-state index contributed by atoms with van der Waals surface area (Å²) >= 11 is 0. The Bertz CT molecular complexity index is 1230. The lowest BCUT2D eigenvalue weighted by Gasteiger charge is -2.42. The number of carbonyl (C=O) groups excluding carboxylic acids is 2. The molecule has 2 bridgehead atoms. The average molecular weight is 499 g/mol. The van der Waals surface area contributed by atoms with Crippen LogP contribution in [0.15, 0.2) is 6.33 Å². The molecule has 4 atom stereocenters. The molecule has 1 saturated carbocycles. The summed E-state index contributed by atoms with van der Waals surface area (Å²) in [6, 6.07) is 0. The SMILES string of the molecule is CCNC(=O)[C@H]1OC2(n3cnc4c(N)nc(C#CCN5CCN(C(=O)OCC)CC5)nc43)CC1C2O. The number of anilines is 1. The van der Waals surface area contributed by atoms with Crippen LogP contribution < -0.4 is 11.1 Å². The van der Waals surface area contributed by atoms with Gasteiger partial charge in [-0.1, -0.05) is 5.92 Å². The van der Waals surface area contributed by atoms with Crippen LogP contribution in [0.4, 0.5) is 10.6 Å². The van der Waals surface area contributed by atoms with Crippen molar-refractivity contribution >= 4 is 29.0 Å². The van der Waals surface area contributed by atoms with E-state index < -0.39 is 17.9 Å². The number of aliphatic hydroxyl groups is 1. The molecule has 3 unspecified atom stereocenters. The zero-order valence-corrected chi connectivity index (χ0v) is 20.3. The Morgan fingerprint density at radius 3 is 2.78 bits per heavy atom. The molecular formula is C23H30N8O5. The van der Waals surface area contributed by atoms with Crippen LogP contribution in [-0.4, -0.2) is 105 Å². The van der Waals surface area contributed by atoms with E-state index in [0.29, 0.717) is 63.5 Å². The van der Waals surface area contributed by atoms with Crippen LogP contribution in [0.5, 0.6) is 0 Å². The number of aromatic nitrogens is 4. The fourth-order valence-corrected chi connectivity index (χ4v) is 5.05. The maximum atomic E-state index is 12.4. The summed E-state index contributed by atoms with van der Waals surface area (Å²) in [7, 11) is 0. The summed E-state index contributed by atoms with van der Waals surface area (Å²) in [6.07, 6.45) is 0.0733. The van der Waals surface area contributed by atoms with Crippen LogP contribution in [0.1, 0.15) is 26.1 Å². The molecule has 0 aromatic carbocycles. The topological polar surface area (TPSA) is 161 Å². The quantitative estimate of drug-likeness (QED) is 0.441. The van der Waals surface area contributed by atoms with Crippen molar-refractivity contribution in [1.82, 2.24) is 34.6 Å². The van der Waals surface area contributed by atoms with Gasteiger partial charge in [-0.3, -0.25) is 14.3 Å². The molecule has 13 nitrogen and oxygen atoms in total. The van der Waals surface area contributed by atoms with Crippen molar-refractivity contribution in [1.29, 1.82) is 0 Å². The highest BCUT2D eigenvalue weighted by molar-refractivity contribution is 5.84. The highest BCUT2D eigenvalue weighted by atomic mass is 16.6. The molecule has 192 valence electrons. The molecule has 5 heterocycles. The molecule has 2 aromatic heterocycles. The van der Waals surface area contributed by atoms with Gasteiger partial charge >= 0.3 is 6.09 Å². The summed E-state index contributed by atoms with van der Waals surface area (Å²) in [6.45, 7) is 7.49. The van der Waals surface area contributed by atoms with Crippen LogP contribution in [0, 0.1) is 17.8 Å². The molecule has 36 heavy (non-hydrogen) atoms.